The third-order valence-electron chi connectivity index (χ3n) is 1.24. The van der Waals surface area contributed by atoms with Gasteiger partial charge in [0, 0.05) is 13.8 Å². The van der Waals surface area contributed by atoms with Gasteiger partial charge in [0.2, 0.25) is 17.8 Å². The first kappa shape index (κ1) is 8.38. The standard InChI is InChI=1S/C6H8N4O2/c1-4(11)10(5(2)12)6-7-3-8-9-6/h3H,1-2H3,(H,7,8,9). The molecule has 64 valence electrons. The van der Waals surface area contributed by atoms with Crippen LogP contribution in [0.4, 0.5) is 5.95 Å². The van der Waals surface area contributed by atoms with E-state index in [9.17, 15) is 9.59 Å². The quantitative estimate of drug-likeness (QED) is 0.624. The Morgan fingerprint density at radius 1 is 1.42 bits per heavy atom. The van der Waals surface area contributed by atoms with Crippen LogP contribution in [0.2, 0.25) is 0 Å². The Bertz CT molecular complexity index is 279. The van der Waals surface area contributed by atoms with Crippen molar-refractivity contribution in [3.8, 4) is 0 Å². The molecule has 0 aliphatic heterocycles. The van der Waals surface area contributed by atoms with E-state index in [1.54, 1.807) is 0 Å². The molecule has 0 aliphatic carbocycles. The highest BCUT2D eigenvalue weighted by Gasteiger charge is 2.18. The highest BCUT2D eigenvalue weighted by molar-refractivity contribution is 6.11. The first-order valence-electron chi connectivity index (χ1n) is 3.29. The van der Waals surface area contributed by atoms with E-state index in [1.807, 2.05) is 0 Å². The highest BCUT2D eigenvalue weighted by atomic mass is 16.2. The lowest BCUT2D eigenvalue weighted by molar-refractivity contribution is -0.124. The summed E-state index contributed by atoms with van der Waals surface area (Å²) in [4.78, 5) is 26.4. The minimum atomic E-state index is -0.390. The van der Waals surface area contributed by atoms with E-state index in [1.165, 1.54) is 20.2 Å². The van der Waals surface area contributed by atoms with Crippen molar-refractivity contribution < 1.29 is 9.59 Å². The summed E-state index contributed by atoms with van der Waals surface area (Å²) in [6.45, 7) is 2.56. The minimum Gasteiger partial charge on any atom is -0.274 e. The second-order valence-electron chi connectivity index (χ2n) is 2.18. The summed E-state index contributed by atoms with van der Waals surface area (Å²) in [6.07, 6.45) is 1.23. The van der Waals surface area contributed by atoms with Crippen LogP contribution < -0.4 is 4.90 Å². The van der Waals surface area contributed by atoms with E-state index in [-0.39, 0.29) is 17.8 Å². The molecule has 0 fully saturated rings. The van der Waals surface area contributed by atoms with Crippen LogP contribution >= 0.6 is 0 Å². The predicted octanol–water partition coefficient (Wildman–Crippen LogP) is -0.296. The van der Waals surface area contributed by atoms with Crippen molar-refractivity contribution in [3.63, 3.8) is 0 Å². The molecule has 0 saturated heterocycles. The van der Waals surface area contributed by atoms with E-state index in [4.69, 9.17) is 0 Å². The number of aromatic nitrogens is 3. The molecule has 0 spiro atoms. The summed E-state index contributed by atoms with van der Waals surface area (Å²) < 4.78 is 0. The van der Waals surface area contributed by atoms with Crippen LogP contribution in [-0.2, 0) is 9.59 Å². The van der Waals surface area contributed by atoms with Crippen LogP contribution in [0.15, 0.2) is 6.33 Å². The number of hydrogen-bond donors (Lipinski definition) is 1. The SMILES string of the molecule is CC(=O)N(C(C)=O)c1ncn[nH]1. The van der Waals surface area contributed by atoms with Crippen LogP contribution in [0.25, 0.3) is 0 Å². The third-order valence-corrected chi connectivity index (χ3v) is 1.24. The van der Waals surface area contributed by atoms with Crippen LogP contribution in [0, 0.1) is 0 Å². The number of hydrogen-bond acceptors (Lipinski definition) is 4. The lowest BCUT2D eigenvalue weighted by atomic mass is 10.5. The third kappa shape index (κ3) is 1.47. The molecule has 2 amide bonds. The zero-order valence-corrected chi connectivity index (χ0v) is 6.74. The van der Waals surface area contributed by atoms with Crippen molar-refractivity contribution in [1.82, 2.24) is 15.2 Å². The molecule has 1 N–H and O–H groups in total. The van der Waals surface area contributed by atoms with Crippen molar-refractivity contribution >= 4 is 17.8 Å². The number of carbonyl (C=O) groups is 2. The summed E-state index contributed by atoms with van der Waals surface area (Å²) in [5, 5.41) is 5.95. The smallest absolute Gasteiger partial charge is 0.234 e. The van der Waals surface area contributed by atoms with Crippen molar-refractivity contribution in [2.45, 2.75) is 13.8 Å². The second kappa shape index (κ2) is 3.12. The van der Waals surface area contributed by atoms with E-state index >= 15 is 0 Å². The molecule has 0 aromatic carbocycles. The topological polar surface area (TPSA) is 79.0 Å². The van der Waals surface area contributed by atoms with Gasteiger partial charge in [0.25, 0.3) is 0 Å². The molecule has 12 heavy (non-hydrogen) atoms. The van der Waals surface area contributed by atoms with Crippen molar-refractivity contribution in [2.75, 3.05) is 4.90 Å². The van der Waals surface area contributed by atoms with Gasteiger partial charge >= 0.3 is 0 Å². The number of aromatic amines is 1. The Morgan fingerprint density at radius 2 is 2.00 bits per heavy atom. The van der Waals surface area contributed by atoms with Gasteiger partial charge in [-0.3, -0.25) is 9.59 Å². The molecule has 1 rings (SSSR count). The second-order valence-corrected chi connectivity index (χ2v) is 2.18. The summed E-state index contributed by atoms with van der Waals surface area (Å²) >= 11 is 0. The molecule has 6 heteroatoms. The van der Waals surface area contributed by atoms with E-state index in [2.05, 4.69) is 15.2 Å². The van der Waals surface area contributed by atoms with E-state index in [0.717, 1.165) is 4.90 Å². The monoisotopic (exact) mass is 168 g/mol. The van der Waals surface area contributed by atoms with Gasteiger partial charge in [-0.15, -0.1) is 0 Å². The number of rotatable bonds is 1. The van der Waals surface area contributed by atoms with Crippen LogP contribution in [-0.4, -0.2) is 27.0 Å². The summed E-state index contributed by atoms with van der Waals surface area (Å²) in [6, 6.07) is 0. The lowest BCUT2D eigenvalue weighted by Gasteiger charge is -2.11. The Balaban J connectivity index is 2.96. The van der Waals surface area contributed by atoms with Gasteiger partial charge in [-0.1, -0.05) is 0 Å². The number of nitrogens with one attached hydrogen (secondary N) is 1. The van der Waals surface area contributed by atoms with Crippen molar-refractivity contribution in [3.05, 3.63) is 6.33 Å². The van der Waals surface area contributed by atoms with Crippen molar-refractivity contribution in [2.24, 2.45) is 0 Å². The van der Waals surface area contributed by atoms with E-state index < -0.39 is 0 Å². The maximum atomic E-state index is 10.9. The average molecular weight is 168 g/mol. The number of carbonyl (C=O) groups excluding carboxylic acids is 2. The number of amides is 2. The first-order valence-corrected chi connectivity index (χ1v) is 3.29. The number of H-pyrrole nitrogens is 1. The lowest BCUT2D eigenvalue weighted by Crippen LogP contribution is -2.33. The van der Waals surface area contributed by atoms with E-state index in [0.29, 0.717) is 0 Å². The Labute approximate surface area is 68.6 Å². The average Bonchev–Trinajstić information content (AvgIpc) is 2.37. The highest BCUT2D eigenvalue weighted by Crippen LogP contribution is 2.04. The molecule has 0 saturated carbocycles. The fourth-order valence-electron chi connectivity index (χ4n) is 0.827. The molecule has 1 aromatic rings. The fourth-order valence-corrected chi connectivity index (χ4v) is 0.827. The maximum absolute atomic E-state index is 10.9. The molecule has 0 atom stereocenters. The zero-order valence-electron chi connectivity index (χ0n) is 6.74. The molecule has 0 bridgehead atoms. The van der Waals surface area contributed by atoms with Crippen LogP contribution in [0.5, 0.6) is 0 Å². The van der Waals surface area contributed by atoms with Crippen LogP contribution in [0.3, 0.4) is 0 Å². The molecule has 0 radical (unpaired) electrons. The van der Waals surface area contributed by atoms with Gasteiger partial charge < -0.3 is 0 Å². The summed E-state index contributed by atoms with van der Waals surface area (Å²) in [5.74, 6) is -0.631. The van der Waals surface area contributed by atoms with Gasteiger partial charge in [0.1, 0.15) is 6.33 Å². The zero-order chi connectivity index (χ0) is 9.14. The van der Waals surface area contributed by atoms with Gasteiger partial charge in [0.05, 0.1) is 0 Å². The molecule has 0 unspecified atom stereocenters. The Morgan fingerprint density at radius 3 is 2.33 bits per heavy atom. The fraction of sp³-hybridized carbons (Fsp3) is 0.333. The van der Waals surface area contributed by atoms with Crippen LogP contribution in [0.1, 0.15) is 13.8 Å². The Hall–Kier alpha value is -1.72. The molecular weight excluding hydrogens is 160 g/mol. The summed E-state index contributed by atoms with van der Waals surface area (Å²) in [7, 11) is 0. The number of anilines is 1. The van der Waals surface area contributed by atoms with Gasteiger partial charge in [0.15, 0.2) is 0 Å². The molecule has 1 aromatic heterocycles. The van der Waals surface area contributed by atoms with Crippen molar-refractivity contribution in [1.29, 1.82) is 0 Å². The minimum absolute atomic E-state index is 0.148. The van der Waals surface area contributed by atoms with Gasteiger partial charge in [-0.2, -0.15) is 10.1 Å². The summed E-state index contributed by atoms with van der Waals surface area (Å²) in [5.41, 5.74) is 0. The molecule has 6 nitrogen and oxygen atoms in total. The molecule has 0 aliphatic rings. The predicted molar refractivity (Wildman–Crippen MR) is 40.2 cm³/mol. The van der Waals surface area contributed by atoms with Gasteiger partial charge in [-0.25, -0.2) is 10.00 Å². The number of imide groups is 1. The van der Waals surface area contributed by atoms with Gasteiger partial charge in [-0.05, 0) is 0 Å². The largest absolute Gasteiger partial charge is 0.274 e. The maximum Gasteiger partial charge on any atom is 0.234 e. The normalized spacial score (nSPS) is 9.50. The molecular formula is C6H8N4O2. The Kier molecular flexibility index (Phi) is 2.18. The number of nitrogens with zero attached hydrogens (tertiary/aromatic N) is 3. The first-order chi connectivity index (χ1) is 5.63. The molecule has 1 heterocycles.